The first-order valence-electron chi connectivity index (χ1n) is 7.34. The van der Waals surface area contributed by atoms with Gasteiger partial charge in [0.1, 0.15) is 0 Å². The Morgan fingerprint density at radius 1 is 1.16 bits per heavy atom. The van der Waals surface area contributed by atoms with Crippen molar-refractivity contribution in [2.45, 2.75) is 6.92 Å². The summed E-state index contributed by atoms with van der Waals surface area (Å²) in [7, 11) is 5.50. The van der Waals surface area contributed by atoms with E-state index < -0.39 is 23.9 Å². The number of aliphatic carboxylic acids is 1. The molecule has 0 fully saturated rings. The lowest BCUT2D eigenvalue weighted by atomic mass is 10.1. The molecule has 1 atom stereocenters. The van der Waals surface area contributed by atoms with Gasteiger partial charge < -0.3 is 29.5 Å². The predicted molar refractivity (Wildman–Crippen MR) is 89.3 cm³/mol. The minimum absolute atomic E-state index is 0.00200. The summed E-state index contributed by atoms with van der Waals surface area (Å²) in [4.78, 5) is 36.4. The van der Waals surface area contributed by atoms with Gasteiger partial charge in [0.2, 0.25) is 0 Å². The van der Waals surface area contributed by atoms with E-state index in [0.29, 0.717) is 11.5 Å². The summed E-state index contributed by atoms with van der Waals surface area (Å²) in [5.74, 6) is -1.80. The third-order valence-corrected chi connectivity index (χ3v) is 3.49. The monoisotopic (exact) mass is 354 g/mol. The van der Waals surface area contributed by atoms with Crippen LogP contribution in [0.4, 0.5) is 10.5 Å². The Morgan fingerprint density at radius 3 is 2.20 bits per heavy atom. The lowest BCUT2D eigenvalue weighted by Gasteiger charge is -2.21. The molecule has 9 nitrogen and oxygen atoms in total. The molecule has 1 rings (SSSR count). The first-order chi connectivity index (χ1) is 11.7. The van der Waals surface area contributed by atoms with Crippen molar-refractivity contribution in [3.05, 3.63) is 17.7 Å². The number of hydrogen-bond acceptors (Lipinski definition) is 6. The van der Waals surface area contributed by atoms with Crippen molar-refractivity contribution in [1.82, 2.24) is 4.90 Å². The first kappa shape index (κ1) is 20.1. The van der Waals surface area contributed by atoms with Crippen LogP contribution in [0, 0.1) is 5.92 Å². The molecule has 0 saturated heterocycles. The average molecular weight is 354 g/mol. The van der Waals surface area contributed by atoms with Crippen molar-refractivity contribution in [2.75, 3.05) is 40.2 Å². The maximum atomic E-state index is 12.3. The summed E-state index contributed by atoms with van der Waals surface area (Å²) in [6, 6.07) is 2.24. The highest BCUT2D eigenvalue weighted by molar-refractivity contribution is 6.01. The lowest BCUT2D eigenvalue weighted by molar-refractivity contribution is -0.141. The highest BCUT2D eigenvalue weighted by Gasteiger charge is 2.22. The van der Waals surface area contributed by atoms with Gasteiger partial charge in [-0.3, -0.25) is 4.79 Å². The Kier molecular flexibility index (Phi) is 7.04. The number of carbonyl (C=O) groups is 3. The summed E-state index contributed by atoms with van der Waals surface area (Å²) < 4.78 is 15.0. The maximum absolute atomic E-state index is 12.3. The Hall–Kier alpha value is -2.97. The van der Waals surface area contributed by atoms with E-state index in [0.717, 1.165) is 0 Å². The van der Waals surface area contributed by atoms with E-state index in [1.54, 1.807) is 0 Å². The summed E-state index contributed by atoms with van der Waals surface area (Å²) in [6.45, 7) is 1.49. The van der Waals surface area contributed by atoms with Crippen LogP contribution in [0.15, 0.2) is 12.1 Å². The molecule has 0 bridgehead atoms. The molecule has 0 aromatic heterocycles. The number of carboxylic acid groups (broad SMARTS) is 1. The number of hydrogen-bond donors (Lipinski definition) is 2. The van der Waals surface area contributed by atoms with Gasteiger partial charge in [-0.1, -0.05) is 6.92 Å². The van der Waals surface area contributed by atoms with E-state index >= 15 is 0 Å². The van der Waals surface area contributed by atoms with Gasteiger partial charge in [0.15, 0.2) is 11.5 Å². The van der Waals surface area contributed by atoms with E-state index in [4.69, 9.17) is 19.3 Å². The molecule has 0 spiro atoms. The van der Waals surface area contributed by atoms with Crippen molar-refractivity contribution in [3.8, 4) is 11.5 Å². The highest BCUT2D eigenvalue weighted by atomic mass is 16.5. The van der Waals surface area contributed by atoms with Crippen LogP contribution in [-0.2, 0) is 9.53 Å². The topological polar surface area (TPSA) is 114 Å². The minimum atomic E-state index is -1.01. The molecule has 2 N–H and O–H groups in total. The normalized spacial score (nSPS) is 11.2. The summed E-state index contributed by atoms with van der Waals surface area (Å²) >= 11 is 0. The second-order valence-electron chi connectivity index (χ2n) is 5.29. The minimum Gasteiger partial charge on any atom is -0.493 e. The molecule has 138 valence electrons. The van der Waals surface area contributed by atoms with Gasteiger partial charge in [-0.05, 0) is 0 Å². The van der Waals surface area contributed by atoms with E-state index in [2.05, 4.69) is 5.32 Å². The first-order valence-corrected chi connectivity index (χ1v) is 7.34. The lowest BCUT2D eigenvalue weighted by Crippen LogP contribution is -2.37. The van der Waals surface area contributed by atoms with Gasteiger partial charge in [0.05, 0.1) is 38.5 Å². The van der Waals surface area contributed by atoms with Crippen LogP contribution in [0.1, 0.15) is 17.3 Å². The van der Waals surface area contributed by atoms with E-state index in [1.807, 2.05) is 0 Å². The van der Waals surface area contributed by atoms with Crippen molar-refractivity contribution in [1.29, 1.82) is 0 Å². The number of benzene rings is 1. The molecule has 2 amide bonds. The summed E-state index contributed by atoms with van der Waals surface area (Å²) in [5, 5.41) is 11.5. The number of anilines is 1. The van der Waals surface area contributed by atoms with Crippen LogP contribution in [0.2, 0.25) is 0 Å². The Bertz CT molecular complexity index is 660. The molecule has 0 aliphatic carbocycles. The number of methoxy groups -OCH3 is 3. The number of ether oxygens (including phenoxy) is 3. The molecule has 0 aliphatic heterocycles. The van der Waals surface area contributed by atoms with E-state index in [-0.39, 0.29) is 17.8 Å². The molecule has 0 saturated carbocycles. The summed E-state index contributed by atoms with van der Waals surface area (Å²) in [5.41, 5.74) is 0.234. The fourth-order valence-corrected chi connectivity index (χ4v) is 2.04. The molecule has 0 radical (unpaired) electrons. The van der Waals surface area contributed by atoms with Crippen LogP contribution in [0.3, 0.4) is 0 Å². The fraction of sp³-hybridized carbons (Fsp3) is 0.438. The van der Waals surface area contributed by atoms with Gasteiger partial charge in [0.25, 0.3) is 0 Å². The molecule has 9 heteroatoms. The number of urea groups is 1. The third-order valence-electron chi connectivity index (χ3n) is 3.49. The number of rotatable bonds is 7. The van der Waals surface area contributed by atoms with Gasteiger partial charge in [0, 0.05) is 25.7 Å². The summed E-state index contributed by atoms with van der Waals surface area (Å²) in [6.07, 6.45) is 0. The van der Waals surface area contributed by atoms with Crippen molar-refractivity contribution < 1.29 is 33.7 Å². The largest absolute Gasteiger partial charge is 0.493 e. The third kappa shape index (κ3) is 5.00. The number of carbonyl (C=O) groups excluding carboxylic acids is 2. The zero-order valence-corrected chi connectivity index (χ0v) is 14.8. The SMILES string of the molecule is COC(=O)c1cc(OC)c(OC)cc1NC(=O)N(C)CC(C)C(=O)O. The average Bonchev–Trinajstić information content (AvgIpc) is 2.60. The Labute approximate surface area is 145 Å². The van der Waals surface area contributed by atoms with Gasteiger partial charge in [-0.2, -0.15) is 0 Å². The molecular weight excluding hydrogens is 332 g/mol. The number of nitrogens with zero attached hydrogens (tertiary/aromatic N) is 1. The quantitative estimate of drug-likeness (QED) is 0.716. The number of amides is 2. The Balaban J connectivity index is 3.11. The number of nitrogens with one attached hydrogen (secondary N) is 1. The van der Waals surface area contributed by atoms with Crippen LogP contribution in [0.5, 0.6) is 11.5 Å². The van der Waals surface area contributed by atoms with Gasteiger partial charge >= 0.3 is 18.0 Å². The fourth-order valence-electron chi connectivity index (χ4n) is 2.04. The van der Waals surface area contributed by atoms with Crippen molar-refractivity contribution in [3.63, 3.8) is 0 Å². The van der Waals surface area contributed by atoms with Crippen LogP contribution in [0.25, 0.3) is 0 Å². The zero-order valence-electron chi connectivity index (χ0n) is 14.8. The van der Waals surface area contributed by atoms with Gasteiger partial charge in [-0.15, -0.1) is 0 Å². The smallest absolute Gasteiger partial charge is 0.340 e. The van der Waals surface area contributed by atoms with E-state index in [9.17, 15) is 14.4 Å². The van der Waals surface area contributed by atoms with E-state index in [1.165, 1.54) is 52.3 Å². The van der Waals surface area contributed by atoms with Gasteiger partial charge in [-0.25, -0.2) is 9.59 Å². The molecule has 0 aliphatic rings. The van der Waals surface area contributed by atoms with Crippen LogP contribution >= 0.6 is 0 Å². The van der Waals surface area contributed by atoms with Crippen LogP contribution < -0.4 is 14.8 Å². The number of esters is 1. The molecule has 0 heterocycles. The Morgan fingerprint density at radius 2 is 1.72 bits per heavy atom. The second-order valence-corrected chi connectivity index (χ2v) is 5.29. The maximum Gasteiger partial charge on any atom is 0.340 e. The molecule has 1 aromatic carbocycles. The predicted octanol–water partition coefficient (Wildman–Crippen LogP) is 1.67. The zero-order chi connectivity index (χ0) is 19.1. The molecule has 25 heavy (non-hydrogen) atoms. The molecule has 1 aromatic rings. The second kappa shape index (κ2) is 8.76. The molecular formula is C16H22N2O7. The van der Waals surface area contributed by atoms with Crippen molar-refractivity contribution >= 4 is 23.7 Å². The highest BCUT2D eigenvalue weighted by Crippen LogP contribution is 2.33. The number of carboxylic acids is 1. The van der Waals surface area contributed by atoms with Crippen LogP contribution in [-0.4, -0.2) is 62.9 Å². The molecule has 1 unspecified atom stereocenters. The van der Waals surface area contributed by atoms with Crippen molar-refractivity contribution in [2.24, 2.45) is 5.92 Å². The standard InChI is InChI=1S/C16H22N2O7/c1-9(14(19)20)8-18(2)16(22)17-11-7-13(24-4)12(23-3)6-10(11)15(21)25-5/h6-7,9H,8H2,1-5H3,(H,17,22)(H,19,20).